The molecule has 26 heavy (non-hydrogen) atoms. The molecule has 1 heterocycles. The van der Waals surface area contributed by atoms with E-state index in [0.717, 1.165) is 10.8 Å². The summed E-state index contributed by atoms with van der Waals surface area (Å²) in [5, 5.41) is 4.90. The number of benzene rings is 3. The maximum Gasteiger partial charge on any atom is 0.344 e. The molecule has 5 heteroatoms. The quantitative estimate of drug-likeness (QED) is 0.573. The molecule has 0 bridgehead atoms. The molecule has 0 unspecified atom stereocenters. The molecule has 0 amide bonds. The molecular formula is C21H16FNO3. The van der Waals surface area contributed by atoms with Gasteiger partial charge in [0.2, 0.25) is 11.3 Å². The summed E-state index contributed by atoms with van der Waals surface area (Å²) in [4.78, 5) is 26.2. The summed E-state index contributed by atoms with van der Waals surface area (Å²) in [5.74, 6) is -1.54. The largest absolute Gasteiger partial charge is 0.464 e. The van der Waals surface area contributed by atoms with E-state index in [-0.39, 0.29) is 6.61 Å². The van der Waals surface area contributed by atoms with Gasteiger partial charge in [0.1, 0.15) is 5.82 Å². The fourth-order valence-corrected chi connectivity index (χ4v) is 3.45. The van der Waals surface area contributed by atoms with Crippen molar-refractivity contribution >= 4 is 28.2 Å². The van der Waals surface area contributed by atoms with Crippen LogP contribution in [0, 0.1) is 5.82 Å². The number of carbonyl (C=O) groups excluding carboxylic acids is 2. The predicted octanol–water partition coefficient (Wildman–Crippen LogP) is 4.05. The second-order valence-corrected chi connectivity index (χ2v) is 6.14. The predicted molar refractivity (Wildman–Crippen MR) is 96.6 cm³/mol. The molecule has 1 N–H and O–H groups in total. The highest BCUT2D eigenvalue weighted by Crippen LogP contribution is 2.43. The van der Waals surface area contributed by atoms with E-state index in [1.807, 2.05) is 30.3 Å². The highest BCUT2D eigenvalue weighted by Gasteiger charge is 2.54. The van der Waals surface area contributed by atoms with Crippen molar-refractivity contribution in [2.75, 3.05) is 11.9 Å². The van der Waals surface area contributed by atoms with Crippen LogP contribution in [0.2, 0.25) is 0 Å². The zero-order valence-corrected chi connectivity index (χ0v) is 14.1. The van der Waals surface area contributed by atoms with Crippen LogP contribution in [-0.2, 0) is 15.1 Å². The Kier molecular flexibility index (Phi) is 3.72. The van der Waals surface area contributed by atoms with Crippen molar-refractivity contribution in [2.24, 2.45) is 0 Å². The van der Waals surface area contributed by atoms with E-state index >= 15 is 0 Å². The third-order valence-corrected chi connectivity index (χ3v) is 4.69. The summed E-state index contributed by atoms with van der Waals surface area (Å²) < 4.78 is 18.6. The average molecular weight is 349 g/mol. The van der Waals surface area contributed by atoms with E-state index in [1.165, 1.54) is 24.3 Å². The number of hydrogen-bond donors (Lipinski definition) is 1. The highest BCUT2D eigenvalue weighted by atomic mass is 19.1. The number of ether oxygens (including phenoxy) is 1. The van der Waals surface area contributed by atoms with Crippen LogP contribution in [0.4, 0.5) is 10.1 Å². The van der Waals surface area contributed by atoms with Gasteiger partial charge in [0, 0.05) is 10.9 Å². The van der Waals surface area contributed by atoms with Gasteiger partial charge >= 0.3 is 5.97 Å². The van der Waals surface area contributed by atoms with Gasteiger partial charge in [0.25, 0.3) is 0 Å². The van der Waals surface area contributed by atoms with Gasteiger partial charge in [-0.1, -0.05) is 42.5 Å². The molecule has 1 aliphatic rings. The number of halogens is 1. The van der Waals surface area contributed by atoms with Gasteiger partial charge in [0.05, 0.1) is 12.3 Å². The van der Waals surface area contributed by atoms with Crippen LogP contribution in [0.3, 0.4) is 0 Å². The Morgan fingerprint density at radius 3 is 2.54 bits per heavy atom. The second-order valence-electron chi connectivity index (χ2n) is 6.14. The number of esters is 1. The Balaban J connectivity index is 1.95. The maximum atomic E-state index is 13.4. The molecule has 4 nitrogen and oxygen atoms in total. The van der Waals surface area contributed by atoms with Gasteiger partial charge in [0.15, 0.2) is 0 Å². The summed E-state index contributed by atoms with van der Waals surface area (Å²) in [7, 11) is 0. The van der Waals surface area contributed by atoms with E-state index in [2.05, 4.69) is 5.32 Å². The summed E-state index contributed by atoms with van der Waals surface area (Å²) in [6.45, 7) is 1.81. The normalized spacial score (nSPS) is 18.5. The monoisotopic (exact) mass is 349 g/mol. The van der Waals surface area contributed by atoms with Crippen LogP contribution in [0.1, 0.15) is 22.8 Å². The Morgan fingerprint density at radius 1 is 1.08 bits per heavy atom. The lowest BCUT2D eigenvalue weighted by atomic mass is 9.85. The number of hydrogen-bond acceptors (Lipinski definition) is 4. The van der Waals surface area contributed by atoms with Crippen LogP contribution in [0.25, 0.3) is 10.8 Å². The van der Waals surface area contributed by atoms with Gasteiger partial charge in [-0.25, -0.2) is 9.18 Å². The molecule has 0 aliphatic carbocycles. The summed E-state index contributed by atoms with van der Waals surface area (Å²) in [5.41, 5.74) is -0.356. The molecule has 0 radical (unpaired) electrons. The van der Waals surface area contributed by atoms with Crippen molar-refractivity contribution < 1.29 is 18.7 Å². The lowest BCUT2D eigenvalue weighted by Gasteiger charge is -2.26. The van der Waals surface area contributed by atoms with E-state index < -0.39 is 23.1 Å². The molecular weight excluding hydrogens is 333 g/mol. The Morgan fingerprint density at radius 2 is 1.81 bits per heavy atom. The maximum absolute atomic E-state index is 13.4. The van der Waals surface area contributed by atoms with Gasteiger partial charge in [-0.3, -0.25) is 4.79 Å². The smallest absolute Gasteiger partial charge is 0.344 e. The molecule has 130 valence electrons. The van der Waals surface area contributed by atoms with E-state index in [4.69, 9.17) is 4.74 Å². The van der Waals surface area contributed by atoms with Gasteiger partial charge in [-0.15, -0.1) is 0 Å². The number of Topliss-reactive ketones (excluding diaryl/α,β-unsaturated/α-hetero) is 1. The average Bonchev–Trinajstić information content (AvgIpc) is 2.97. The van der Waals surface area contributed by atoms with Crippen molar-refractivity contribution in [1.29, 1.82) is 0 Å². The Labute approximate surface area is 149 Å². The first-order valence-electron chi connectivity index (χ1n) is 8.36. The topological polar surface area (TPSA) is 55.4 Å². The van der Waals surface area contributed by atoms with E-state index in [9.17, 15) is 14.0 Å². The number of anilines is 1. The third-order valence-electron chi connectivity index (χ3n) is 4.69. The minimum Gasteiger partial charge on any atom is -0.464 e. The summed E-state index contributed by atoms with van der Waals surface area (Å²) in [6.07, 6.45) is 0. The zero-order chi connectivity index (χ0) is 18.3. The molecule has 0 saturated carbocycles. The van der Waals surface area contributed by atoms with E-state index in [1.54, 1.807) is 13.0 Å². The Hall–Kier alpha value is -3.21. The molecule has 0 saturated heterocycles. The number of nitrogens with one attached hydrogen (secondary N) is 1. The highest BCUT2D eigenvalue weighted by molar-refractivity contribution is 6.27. The fourth-order valence-electron chi connectivity index (χ4n) is 3.45. The molecule has 3 aromatic rings. The fraction of sp³-hybridized carbons (Fsp3) is 0.143. The molecule has 1 aliphatic heterocycles. The van der Waals surface area contributed by atoms with Gasteiger partial charge in [-0.05, 0) is 36.1 Å². The van der Waals surface area contributed by atoms with Crippen LogP contribution in [0.15, 0.2) is 60.7 Å². The minimum absolute atomic E-state index is 0.133. The first kappa shape index (κ1) is 16.3. The SMILES string of the molecule is CCOC(=O)[C@]1(c2ccc(F)cc2)Nc2c(ccc3ccccc23)C1=O. The molecule has 3 aromatic carbocycles. The first-order valence-corrected chi connectivity index (χ1v) is 8.36. The lowest BCUT2D eigenvalue weighted by Crippen LogP contribution is -2.47. The second kappa shape index (κ2) is 5.95. The van der Waals surface area contributed by atoms with E-state index in [0.29, 0.717) is 16.8 Å². The molecule has 0 fully saturated rings. The molecule has 4 rings (SSSR count). The number of carbonyl (C=O) groups is 2. The minimum atomic E-state index is -1.71. The number of ketones is 1. The number of rotatable bonds is 3. The van der Waals surface area contributed by atoms with Gasteiger partial charge < -0.3 is 10.1 Å². The van der Waals surface area contributed by atoms with Crippen molar-refractivity contribution in [3.8, 4) is 0 Å². The summed E-state index contributed by atoms with van der Waals surface area (Å²) >= 11 is 0. The van der Waals surface area contributed by atoms with Crippen LogP contribution in [-0.4, -0.2) is 18.4 Å². The third kappa shape index (κ3) is 2.20. The van der Waals surface area contributed by atoms with Crippen LogP contribution >= 0.6 is 0 Å². The standard InChI is InChI=1S/C21H16FNO3/c1-2-26-20(25)21(14-8-10-15(22)11-9-14)19(24)17-12-7-13-5-3-4-6-16(13)18(17)23-21/h3-12,23H,2H2,1H3/t21-/m1/s1. The van der Waals surface area contributed by atoms with Crippen molar-refractivity contribution in [1.82, 2.24) is 0 Å². The molecule has 0 aromatic heterocycles. The first-order chi connectivity index (χ1) is 12.6. The molecule has 0 spiro atoms. The van der Waals surface area contributed by atoms with Crippen molar-refractivity contribution in [3.05, 3.63) is 77.6 Å². The van der Waals surface area contributed by atoms with Crippen molar-refractivity contribution in [3.63, 3.8) is 0 Å². The van der Waals surface area contributed by atoms with Crippen LogP contribution < -0.4 is 5.32 Å². The molecule has 1 atom stereocenters. The zero-order valence-electron chi connectivity index (χ0n) is 14.1. The lowest BCUT2D eigenvalue weighted by molar-refractivity contribution is -0.146. The van der Waals surface area contributed by atoms with Crippen molar-refractivity contribution in [2.45, 2.75) is 12.5 Å². The van der Waals surface area contributed by atoms with Crippen LogP contribution in [0.5, 0.6) is 0 Å². The summed E-state index contributed by atoms with van der Waals surface area (Å²) in [6, 6.07) is 16.5. The Bertz CT molecular complexity index is 1030. The van der Waals surface area contributed by atoms with Gasteiger partial charge in [-0.2, -0.15) is 0 Å². The number of fused-ring (bicyclic) bond motifs is 3.